The van der Waals surface area contributed by atoms with Gasteiger partial charge in [0.25, 0.3) is 5.91 Å². The van der Waals surface area contributed by atoms with Crippen molar-refractivity contribution in [3.8, 4) is 11.3 Å². The highest BCUT2D eigenvalue weighted by atomic mass is 35.5. The van der Waals surface area contributed by atoms with Crippen LogP contribution in [0.3, 0.4) is 0 Å². The highest BCUT2D eigenvalue weighted by Gasteiger charge is 2.37. The molecule has 172 valence electrons. The summed E-state index contributed by atoms with van der Waals surface area (Å²) < 4.78 is 20.4. The third-order valence-electron chi connectivity index (χ3n) is 4.90. The number of halogens is 2. The zero-order valence-corrected chi connectivity index (χ0v) is 19.3. The van der Waals surface area contributed by atoms with E-state index in [1.54, 1.807) is 34.6 Å². The molecule has 1 unspecified atom stereocenters. The number of nitrogens with one attached hydrogen (secondary N) is 1. The normalized spacial score (nSPS) is 15.4. The molecule has 1 aliphatic rings. The van der Waals surface area contributed by atoms with Crippen LogP contribution < -0.4 is 5.32 Å². The van der Waals surface area contributed by atoms with Crippen molar-refractivity contribution in [3.05, 3.63) is 40.3 Å². The number of aliphatic hydroxyl groups is 1. The first-order chi connectivity index (χ1) is 14.9. The summed E-state index contributed by atoms with van der Waals surface area (Å²) in [7, 11) is 0. The minimum absolute atomic E-state index is 0.0426. The lowest BCUT2D eigenvalue weighted by Gasteiger charge is -2.27. The molecule has 1 aliphatic heterocycles. The van der Waals surface area contributed by atoms with E-state index in [1.165, 1.54) is 23.2 Å². The van der Waals surface area contributed by atoms with Crippen molar-refractivity contribution in [1.29, 1.82) is 0 Å². The van der Waals surface area contributed by atoms with Gasteiger partial charge in [-0.3, -0.25) is 4.79 Å². The van der Waals surface area contributed by atoms with Crippen LogP contribution in [0.2, 0.25) is 5.02 Å². The molecular formula is C22H26ClFN4O4. The van der Waals surface area contributed by atoms with E-state index in [-0.39, 0.29) is 47.0 Å². The topological polar surface area (TPSA) is 105 Å². The van der Waals surface area contributed by atoms with E-state index in [4.69, 9.17) is 16.3 Å². The number of aliphatic hydroxyl groups excluding tert-OH is 1. The van der Waals surface area contributed by atoms with Crippen molar-refractivity contribution in [2.45, 2.75) is 58.8 Å². The van der Waals surface area contributed by atoms with Crippen LogP contribution in [-0.4, -0.2) is 56.1 Å². The van der Waals surface area contributed by atoms with Crippen LogP contribution in [0, 0.1) is 5.82 Å². The Kier molecular flexibility index (Phi) is 6.71. The molecule has 3 rings (SSSR count). The maximum Gasteiger partial charge on any atom is 0.329 e. The summed E-state index contributed by atoms with van der Waals surface area (Å²) in [5.74, 6) is -1.43. The van der Waals surface area contributed by atoms with Gasteiger partial charge in [0, 0.05) is 22.7 Å². The first-order valence-electron chi connectivity index (χ1n) is 10.2. The second-order valence-corrected chi connectivity index (χ2v) is 9.15. The molecule has 0 saturated heterocycles. The van der Waals surface area contributed by atoms with Crippen LogP contribution in [0.5, 0.6) is 0 Å². The van der Waals surface area contributed by atoms with Gasteiger partial charge in [-0.05, 0) is 46.8 Å². The monoisotopic (exact) mass is 464 g/mol. The van der Waals surface area contributed by atoms with E-state index in [9.17, 15) is 19.1 Å². The van der Waals surface area contributed by atoms with Gasteiger partial charge in [0.15, 0.2) is 0 Å². The zero-order valence-electron chi connectivity index (χ0n) is 18.6. The fourth-order valence-corrected chi connectivity index (χ4v) is 3.45. The number of rotatable bonds is 6. The Labute approximate surface area is 190 Å². The van der Waals surface area contributed by atoms with Crippen molar-refractivity contribution < 1.29 is 23.8 Å². The fraction of sp³-hybridized carbons (Fsp3) is 0.455. The molecule has 2 heterocycles. The van der Waals surface area contributed by atoms with E-state index >= 15 is 0 Å². The van der Waals surface area contributed by atoms with E-state index in [2.05, 4.69) is 15.3 Å². The number of carbonyl (C=O) groups excluding carboxylic acids is 2. The number of ether oxygens (including phenoxy) is 1. The highest BCUT2D eigenvalue weighted by molar-refractivity contribution is 6.33. The number of anilines is 1. The summed E-state index contributed by atoms with van der Waals surface area (Å²) in [5.41, 5.74) is 0.174. The van der Waals surface area contributed by atoms with Gasteiger partial charge < -0.3 is 20.1 Å². The van der Waals surface area contributed by atoms with Crippen molar-refractivity contribution in [1.82, 2.24) is 14.9 Å². The van der Waals surface area contributed by atoms with Crippen molar-refractivity contribution >= 4 is 29.4 Å². The number of hydrogen-bond donors (Lipinski definition) is 2. The Morgan fingerprint density at radius 3 is 2.69 bits per heavy atom. The molecule has 0 fully saturated rings. The molecule has 1 aromatic carbocycles. The van der Waals surface area contributed by atoms with Crippen LogP contribution in [0.15, 0.2) is 18.3 Å². The molecule has 1 amide bonds. The number of benzene rings is 1. The Morgan fingerprint density at radius 2 is 2.06 bits per heavy atom. The Balaban J connectivity index is 1.93. The summed E-state index contributed by atoms with van der Waals surface area (Å²) in [4.78, 5) is 35.1. The maximum atomic E-state index is 15.0. The molecule has 32 heavy (non-hydrogen) atoms. The van der Waals surface area contributed by atoms with Gasteiger partial charge in [0.1, 0.15) is 17.5 Å². The number of carbonyl (C=O) groups is 2. The summed E-state index contributed by atoms with van der Waals surface area (Å²) >= 11 is 6.24. The number of esters is 1. The molecule has 0 radical (unpaired) electrons. The first-order valence-corrected chi connectivity index (χ1v) is 10.6. The number of fused-ring (bicyclic) bond motifs is 1. The van der Waals surface area contributed by atoms with Crippen molar-refractivity contribution in [3.63, 3.8) is 0 Å². The fourth-order valence-electron chi connectivity index (χ4n) is 3.25. The Hall–Kier alpha value is -2.78. The molecule has 2 aromatic rings. The maximum absolute atomic E-state index is 15.0. The van der Waals surface area contributed by atoms with Gasteiger partial charge in [-0.25, -0.2) is 19.2 Å². The third-order valence-corrected chi connectivity index (χ3v) is 5.17. The van der Waals surface area contributed by atoms with Crippen LogP contribution in [0.1, 0.15) is 50.5 Å². The molecule has 2 atom stereocenters. The van der Waals surface area contributed by atoms with Gasteiger partial charge in [-0.15, -0.1) is 0 Å². The summed E-state index contributed by atoms with van der Waals surface area (Å²) in [6.45, 7) is 8.33. The first kappa shape index (κ1) is 23.9. The lowest BCUT2D eigenvalue weighted by molar-refractivity contribution is -0.159. The lowest BCUT2D eigenvalue weighted by atomic mass is 10.0. The standard InChI is InChI=1S/C22H26ClFN4O4/c1-11(10-29)26-21-25-8-16(23)18(27-21)13-6-14-15(17(24)7-13)9-28(19(14)30)12(2)20(31)32-22(3,4)5/h6-8,11-12,29H,9-10H2,1-5H3,(H,25,26,27)/t11-,12?/m0/s1. The minimum Gasteiger partial charge on any atom is -0.458 e. The van der Waals surface area contributed by atoms with Gasteiger partial charge in [0.05, 0.1) is 30.1 Å². The van der Waals surface area contributed by atoms with Gasteiger partial charge in [-0.1, -0.05) is 11.6 Å². The SMILES string of the molecule is CC(C(=O)OC(C)(C)C)N1Cc2c(F)cc(-c3nc(N[C@@H](C)CO)ncc3Cl)cc2C1=O. The summed E-state index contributed by atoms with van der Waals surface area (Å²) in [6.07, 6.45) is 1.36. The average molecular weight is 465 g/mol. The van der Waals surface area contributed by atoms with Crippen LogP contribution in [0.25, 0.3) is 11.3 Å². The third kappa shape index (κ3) is 4.99. The molecule has 2 N–H and O–H groups in total. The quantitative estimate of drug-likeness (QED) is 0.631. The molecular weight excluding hydrogens is 439 g/mol. The molecule has 0 saturated carbocycles. The average Bonchev–Trinajstić information content (AvgIpc) is 3.04. The second kappa shape index (κ2) is 8.99. The predicted octanol–water partition coefficient (Wildman–Crippen LogP) is 3.41. The Bertz CT molecular complexity index is 1060. The van der Waals surface area contributed by atoms with Gasteiger partial charge in [-0.2, -0.15) is 0 Å². The van der Waals surface area contributed by atoms with Crippen molar-refractivity contribution in [2.75, 3.05) is 11.9 Å². The Morgan fingerprint density at radius 1 is 1.38 bits per heavy atom. The van der Waals surface area contributed by atoms with Gasteiger partial charge in [0.2, 0.25) is 5.95 Å². The molecule has 0 spiro atoms. The van der Waals surface area contributed by atoms with E-state index < -0.39 is 29.3 Å². The molecule has 8 nitrogen and oxygen atoms in total. The van der Waals surface area contributed by atoms with Crippen LogP contribution in [-0.2, 0) is 16.1 Å². The summed E-state index contributed by atoms with van der Waals surface area (Å²) in [5, 5.41) is 12.3. The molecule has 1 aromatic heterocycles. The van der Waals surface area contributed by atoms with Crippen molar-refractivity contribution in [2.24, 2.45) is 0 Å². The van der Waals surface area contributed by atoms with Gasteiger partial charge >= 0.3 is 5.97 Å². The van der Waals surface area contributed by atoms with E-state index in [0.717, 1.165) is 0 Å². The molecule has 0 bridgehead atoms. The number of nitrogens with zero attached hydrogens (tertiary/aromatic N) is 3. The lowest BCUT2D eigenvalue weighted by Crippen LogP contribution is -2.42. The number of amides is 1. The number of aromatic nitrogens is 2. The smallest absolute Gasteiger partial charge is 0.329 e. The largest absolute Gasteiger partial charge is 0.458 e. The highest BCUT2D eigenvalue weighted by Crippen LogP contribution is 2.34. The molecule has 10 heteroatoms. The summed E-state index contributed by atoms with van der Waals surface area (Å²) in [6, 6.07) is 1.58. The van der Waals surface area contributed by atoms with Crippen LogP contribution >= 0.6 is 11.6 Å². The van der Waals surface area contributed by atoms with E-state index in [0.29, 0.717) is 5.56 Å². The zero-order chi connectivity index (χ0) is 23.8. The predicted molar refractivity (Wildman–Crippen MR) is 118 cm³/mol. The van der Waals surface area contributed by atoms with Crippen LogP contribution in [0.4, 0.5) is 10.3 Å². The minimum atomic E-state index is -0.879. The molecule has 0 aliphatic carbocycles. The van der Waals surface area contributed by atoms with E-state index in [1.807, 2.05) is 0 Å². The number of hydrogen-bond acceptors (Lipinski definition) is 7. The second-order valence-electron chi connectivity index (χ2n) is 8.74.